The van der Waals surface area contributed by atoms with Crippen LogP contribution in [-0.2, 0) is 4.79 Å². The summed E-state index contributed by atoms with van der Waals surface area (Å²) in [6.07, 6.45) is 0. The van der Waals surface area contributed by atoms with Crippen LogP contribution >= 0.6 is 11.8 Å². The number of carbonyl (C=O) groups is 1. The van der Waals surface area contributed by atoms with E-state index in [0.717, 1.165) is 16.8 Å². The van der Waals surface area contributed by atoms with E-state index in [-0.39, 0.29) is 17.3 Å². The van der Waals surface area contributed by atoms with Crippen LogP contribution in [0.2, 0.25) is 0 Å². The van der Waals surface area contributed by atoms with Crippen LogP contribution in [0.25, 0.3) is 5.69 Å². The zero-order valence-electron chi connectivity index (χ0n) is 15.5. The monoisotopic (exact) mass is 398 g/mol. The van der Waals surface area contributed by atoms with Gasteiger partial charge in [0.2, 0.25) is 11.1 Å². The average Bonchev–Trinajstić information content (AvgIpc) is 3.12. The Morgan fingerprint density at radius 2 is 1.89 bits per heavy atom. The van der Waals surface area contributed by atoms with E-state index in [9.17, 15) is 14.9 Å². The molecule has 1 N–H and O–H groups in total. The fourth-order valence-electron chi connectivity index (χ4n) is 2.50. The number of nitro groups is 1. The maximum Gasteiger partial charge on any atom is 0.274 e. The second-order valence-electron chi connectivity index (χ2n) is 6.24. The van der Waals surface area contributed by atoms with Gasteiger partial charge in [-0.3, -0.25) is 14.9 Å². The van der Waals surface area contributed by atoms with Gasteiger partial charge in [-0.2, -0.15) is 4.68 Å². The van der Waals surface area contributed by atoms with Gasteiger partial charge in [0.1, 0.15) is 0 Å². The first-order chi connectivity index (χ1) is 13.3. The van der Waals surface area contributed by atoms with Crippen LogP contribution in [-0.4, -0.2) is 36.8 Å². The normalized spacial score (nSPS) is 10.7. The summed E-state index contributed by atoms with van der Waals surface area (Å²) in [6.45, 7) is 5.67. The lowest BCUT2D eigenvalue weighted by molar-refractivity contribution is -0.385. The lowest BCUT2D eigenvalue weighted by atomic mass is 10.1. The predicted octanol–water partition coefficient (Wildman–Crippen LogP) is 3.23. The van der Waals surface area contributed by atoms with E-state index in [4.69, 9.17) is 0 Å². The summed E-state index contributed by atoms with van der Waals surface area (Å²) in [5.41, 5.74) is 3.95. The molecule has 3 aromatic rings. The standard InChI is InChI=1S/C18H18N6O3S/c1-11-5-7-15(8-13(11)3)23-18(20-21-22-23)28-10-17(25)19-14-6-4-12(2)16(9-14)24(26)27/h4-9H,10H2,1-3H3,(H,19,25). The fourth-order valence-corrected chi connectivity index (χ4v) is 3.19. The van der Waals surface area contributed by atoms with Gasteiger partial charge in [0.05, 0.1) is 16.4 Å². The van der Waals surface area contributed by atoms with Crippen molar-refractivity contribution in [3.05, 3.63) is 63.2 Å². The van der Waals surface area contributed by atoms with Crippen LogP contribution in [0.3, 0.4) is 0 Å². The molecule has 0 aliphatic rings. The number of thioether (sulfide) groups is 1. The highest BCUT2D eigenvalue weighted by Crippen LogP contribution is 2.23. The summed E-state index contributed by atoms with van der Waals surface area (Å²) in [6, 6.07) is 10.4. The van der Waals surface area contributed by atoms with Gasteiger partial charge in [-0.25, -0.2) is 0 Å². The molecule has 3 rings (SSSR count). The van der Waals surface area contributed by atoms with Crippen LogP contribution in [0.4, 0.5) is 11.4 Å². The highest BCUT2D eigenvalue weighted by molar-refractivity contribution is 7.99. The molecule has 144 valence electrons. The van der Waals surface area contributed by atoms with E-state index < -0.39 is 4.92 Å². The van der Waals surface area contributed by atoms with E-state index in [1.807, 2.05) is 32.0 Å². The van der Waals surface area contributed by atoms with Gasteiger partial charge < -0.3 is 5.32 Å². The number of rotatable bonds is 6. The molecule has 10 heteroatoms. The molecule has 0 saturated heterocycles. The van der Waals surface area contributed by atoms with Gasteiger partial charge in [0.25, 0.3) is 5.69 Å². The molecule has 0 bridgehead atoms. The van der Waals surface area contributed by atoms with E-state index in [1.165, 1.54) is 17.8 Å². The molecule has 9 nitrogen and oxygen atoms in total. The Labute approximate surface area is 165 Å². The van der Waals surface area contributed by atoms with Crippen LogP contribution in [0.5, 0.6) is 0 Å². The molecule has 2 aromatic carbocycles. The number of nitrogens with one attached hydrogen (secondary N) is 1. The first kappa shape index (κ1) is 19.5. The highest BCUT2D eigenvalue weighted by Gasteiger charge is 2.15. The summed E-state index contributed by atoms with van der Waals surface area (Å²) in [7, 11) is 0. The topological polar surface area (TPSA) is 116 Å². The third-order valence-corrected chi connectivity index (χ3v) is 5.12. The highest BCUT2D eigenvalue weighted by atomic mass is 32.2. The van der Waals surface area contributed by atoms with E-state index in [0.29, 0.717) is 16.4 Å². The Morgan fingerprint density at radius 3 is 2.61 bits per heavy atom. The molecule has 0 aliphatic carbocycles. The van der Waals surface area contributed by atoms with Crippen molar-refractivity contribution in [2.75, 3.05) is 11.1 Å². The second-order valence-corrected chi connectivity index (χ2v) is 7.18. The molecule has 0 unspecified atom stereocenters. The van der Waals surface area contributed by atoms with Crippen LogP contribution in [0.1, 0.15) is 16.7 Å². The number of aromatic nitrogens is 4. The molecule has 0 spiro atoms. The van der Waals surface area contributed by atoms with Gasteiger partial charge in [-0.1, -0.05) is 23.9 Å². The quantitative estimate of drug-likeness (QED) is 0.385. The van der Waals surface area contributed by atoms with E-state index >= 15 is 0 Å². The molecule has 0 atom stereocenters. The Morgan fingerprint density at radius 1 is 1.14 bits per heavy atom. The zero-order valence-corrected chi connectivity index (χ0v) is 16.4. The molecule has 0 saturated carbocycles. The van der Waals surface area contributed by atoms with Crippen molar-refractivity contribution >= 4 is 29.0 Å². The number of hydrogen-bond donors (Lipinski definition) is 1. The van der Waals surface area contributed by atoms with Gasteiger partial charge >= 0.3 is 0 Å². The van der Waals surface area contributed by atoms with Gasteiger partial charge in [-0.05, 0) is 60.5 Å². The molecular formula is C18H18N6O3S. The molecule has 0 radical (unpaired) electrons. The summed E-state index contributed by atoms with van der Waals surface area (Å²) >= 11 is 1.18. The first-order valence-corrected chi connectivity index (χ1v) is 9.37. The third-order valence-electron chi connectivity index (χ3n) is 4.20. The van der Waals surface area contributed by atoms with E-state index in [2.05, 4.69) is 20.8 Å². The largest absolute Gasteiger partial charge is 0.325 e. The summed E-state index contributed by atoms with van der Waals surface area (Å²) < 4.78 is 1.57. The number of carbonyl (C=O) groups excluding carboxylic acids is 1. The first-order valence-electron chi connectivity index (χ1n) is 8.39. The third kappa shape index (κ3) is 4.34. The fraction of sp³-hybridized carbons (Fsp3) is 0.222. The summed E-state index contributed by atoms with van der Waals surface area (Å²) in [5, 5.41) is 25.8. The molecule has 1 aromatic heterocycles. The minimum Gasteiger partial charge on any atom is -0.325 e. The van der Waals surface area contributed by atoms with Gasteiger partial charge in [-0.15, -0.1) is 5.10 Å². The van der Waals surface area contributed by atoms with Crippen molar-refractivity contribution in [1.82, 2.24) is 20.2 Å². The Bertz CT molecular complexity index is 1050. The van der Waals surface area contributed by atoms with Crippen molar-refractivity contribution < 1.29 is 9.72 Å². The minimum atomic E-state index is -0.475. The van der Waals surface area contributed by atoms with Gasteiger partial charge in [0, 0.05) is 17.3 Å². The SMILES string of the molecule is Cc1ccc(-n2nnnc2SCC(=O)Nc2ccc(C)c([N+](=O)[O-])c2)cc1C. The predicted molar refractivity (Wildman–Crippen MR) is 106 cm³/mol. The number of amides is 1. The Hall–Kier alpha value is -3.27. The zero-order chi connectivity index (χ0) is 20.3. The summed E-state index contributed by atoms with van der Waals surface area (Å²) in [5.74, 6) is -0.245. The number of hydrogen-bond acceptors (Lipinski definition) is 7. The molecule has 0 aliphatic heterocycles. The lowest BCUT2D eigenvalue weighted by Crippen LogP contribution is -2.15. The van der Waals surface area contributed by atoms with Crippen molar-refractivity contribution in [2.24, 2.45) is 0 Å². The van der Waals surface area contributed by atoms with Crippen LogP contribution in [0, 0.1) is 30.9 Å². The molecule has 1 heterocycles. The molecule has 28 heavy (non-hydrogen) atoms. The van der Waals surface area contributed by atoms with E-state index in [1.54, 1.807) is 23.7 Å². The number of anilines is 1. The minimum absolute atomic E-state index is 0.0378. The van der Waals surface area contributed by atoms with Crippen molar-refractivity contribution in [3.63, 3.8) is 0 Å². The molecule has 0 fully saturated rings. The lowest BCUT2D eigenvalue weighted by Gasteiger charge is -2.08. The number of nitro benzene ring substituents is 1. The summed E-state index contributed by atoms with van der Waals surface area (Å²) in [4.78, 5) is 22.8. The van der Waals surface area contributed by atoms with Crippen molar-refractivity contribution in [3.8, 4) is 5.69 Å². The van der Waals surface area contributed by atoms with Crippen molar-refractivity contribution in [2.45, 2.75) is 25.9 Å². The Balaban J connectivity index is 1.68. The number of nitrogens with zero attached hydrogens (tertiary/aromatic N) is 5. The van der Waals surface area contributed by atoms with Crippen molar-refractivity contribution in [1.29, 1.82) is 0 Å². The van der Waals surface area contributed by atoms with Crippen LogP contribution < -0.4 is 5.32 Å². The molecular weight excluding hydrogens is 380 g/mol. The van der Waals surface area contributed by atoms with Gasteiger partial charge in [0.15, 0.2) is 0 Å². The number of benzene rings is 2. The average molecular weight is 398 g/mol. The number of tetrazole rings is 1. The smallest absolute Gasteiger partial charge is 0.274 e. The Kier molecular flexibility index (Phi) is 5.69. The van der Waals surface area contributed by atoms with Crippen LogP contribution in [0.15, 0.2) is 41.6 Å². The molecule has 1 amide bonds. The number of aryl methyl sites for hydroxylation is 3. The second kappa shape index (κ2) is 8.17. The maximum atomic E-state index is 12.2. The maximum absolute atomic E-state index is 12.2.